The zero-order valence-corrected chi connectivity index (χ0v) is 22.9. The first-order valence-electron chi connectivity index (χ1n) is 11.9. The normalized spacial score (nSPS) is 17.3. The van der Waals surface area contributed by atoms with Crippen LogP contribution < -0.4 is 3.71 Å². The molecule has 0 aliphatic carbocycles. The number of anilines is 1. The molecular weight excluding hydrogens is 531 g/mol. The van der Waals surface area contributed by atoms with Gasteiger partial charge in [0.25, 0.3) is 0 Å². The number of pyridine rings is 1. The van der Waals surface area contributed by atoms with Crippen LogP contribution in [0.2, 0.25) is 0 Å². The van der Waals surface area contributed by atoms with Crippen LogP contribution in [0.15, 0.2) is 60.8 Å². The van der Waals surface area contributed by atoms with Crippen molar-refractivity contribution in [2.75, 3.05) is 35.9 Å². The summed E-state index contributed by atoms with van der Waals surface area (Å²) in [6.45, 7) is 4.29. The quantitative estimate of drug-likeness (QED) is 0.409. The van der Waals surface area contributed by atoms with Crippen molar-refractivity contribution in [1.29, 1.82) is 0 Å². The third kappa shape index (κ3) is 6.37. The molecule has 0 radical (unpaired) electrons. The molecule has 9 nitrogen and oxygen atoms in total. The molecular formula is C26H29FN4O5S2. The number of sulfonamides is 2. The molecule has 4 rings (SSSR count). The zero-order chi connectivity index (χ0) is 27.7. The van der Waals surface area contributed by atoms with Gasteiger partial charge < -0.3 is 4.90 Å². The maximum absolute atomic E-state index is 13.2. The third-order valence-corrected chi connectivity index (χ3v) is 9.49. The molecule has 1 aliphatic heterocycles. The second-order valence-electron chi connectivity index (χ2n) is 9.41. The molecule has 1 aliphatic rings. The van der Waals surface area contributed by atoms with E-state index >= 15 is 0 Å². The molecule has 1 fully saturated rings. The number of piperazine rings is 1. The number of carbonyl (C=O) groups is 1. The summed E-state index contributed by atoms with van der Waals surface area (Å²) in [6.07, 6.45) is 5.94. The van der Waals surface area contributed by atoms with E-state index in [9.17, 15) is 26.0 Å². The Hall–Kier alpha value is -3.35. The molecule has 0 unspecified atom stereocenters. The number of carbonyl (C=O) groups excluding carboxylic acids is 1. The maximum atomic E-state index is 13.2. The molecule has 0 bridgehead atoms. The Labute approximate surface area is 222 Å². The predicted octanol–water partition coefficient (Wildman–Crippen LogP) is 2.85. The second kappa shape index (κ2) is 10.8. The number of nitrogens with zero attached hydrogens (tertiary/aromatic N) is 4. The van der Waals surface area contributed by atoms with Crippen molar-refractivity contribution in [2.45, 2.75) is 19.5 Å². The van der Waals surface area contributed by atoms with E-state index in [1.807, 2.05) is 6.92 Å². The standard InChI is InChI=1S/C26H29FN4O5S2/c1-19-17-29(18-20-6-9-23(27)10-7-20)13-14-30(19)26(32)11-8-22-15-24-21(5-4-12-28-24)16-25(22)31(37(2,33)34)38(3,35)36/h4-12,15-16,19H,13-14,17-18H2,1-3H3/b11-8+/t19-/m1/s1. The number of rotatable bonds is 7. The molecule has 38 heavy (non-hydrogen) atoms. The van der Waals surface area contributed by atoms with Crippen LogP contribution in [0.4, 0.5) is 10.1 Å². The predicted molar refractivity (Wildman–Crippen MR) is 146 cm³/mol. The minimum absolute atomic E-state index is 0.0864. The van der Waals surface area contributed by atoms with Gasteiger partial charge in [-0.15, -0.1) is 0 Å². The van der Waals surface area contributed by atoms with Gasteiger partial charge in [0.1, 0.15) is 5.82 Å². The van der Waals surface area contributed by atoms with Crippen molar-refractivity contribution in [3.8, 4) is 0 Å². The monoisotopic (exact) mass is 560 g/mol. The van der Waals surface area contributed by atoms with Gasteiger partial charge in [0.2, 0.25) is 26.0 Å². The summed E-state index contributed by atoms with van der Waals surface area (Å²) in [5.41, 5.74) is 1.64. The lowest BCUT2D eigenvalue weighted by atomic mass is 10.1. The van der Waals surface area contributed by atoms with E-state index in [1.165, 1.54) is 30.4 Å². The van der Waals surface area contributed by atoms with Crippen molar-refractivity contribution < 1.29 is 26.0 Å². The Kier molecular flexibility index (Phi) is 7.86. The van der Waals surface area contributed by atoms with E-state index in [0.717, 1.165) is 18.1 Å². The van der Waals surface area contributed by atoms with Gasteiger partial charge in [0, 0.05) is 55.4 Å². The van der Waals surface area contributed by atoms with Gasteiger partial charge >= 0.3 is 0 Å². The Morgan fingerprint density at radius 2 is 1.76 bits per heavy atom. The number of amides is 1. The SMILES string of the molecule is C[C@@H]1CN(Cc2ccc(F)cc2)CCN1C(=O)/C=C/c1cc2ncccc2cc1N(S(C)(=O)=O)S(C)(=O)=O. The Morgan fingerprint density at radius 3 is 2.39 bits per heavy atom. The van der Waals surface area contributed by atoms with Gasteiger partial charge in [0.15, 0.2) is 0 Å². The topological polar surface area (TPSA) is 108 Å². The lowest BCUT2D eigenvalue weighted by Gasteiger charge is -2.39. The zero-order valence-electron chi connectivity index (χ0n) is 21.3. The molecule has 2 aromatic carbocycles. The lowest BCUT2D eigenvalue weighted by molar-refractivity contribution is -0.130. The summed E-state index contributed by atoms with van der Waals surface area (Å²) in [7, 11) is -8.40. The van der Waals surface area contributed by atoms with Gasteiger partial charge in [-0.2, -0.15) is 3.71 Å². The van der Waals surface area contributed by atoms with Crippen LogP contribution >= 0.6 is 0 Å². The van der Waals surface area contributed by atoms with Crippen LogP contribution in [-0.2, 0) is 31.4 Å². The average Bonchev–Trinajstić information content (AvgIpc) is 2.82. The number of hydrogen-bond donors (Lipinski definition) is 0. The highest BCUT2D eigenvalue weighted by Gasteiger charge is 2.30. The second-order valence-corrected chi connectivity index (χ2v) is 13.3. The van der Waals surface area contributed by atoms with E-state index in [-0.39, 0.29) is 29.0 Å². The van der Waals surface area contributed by atoms with Crippen LogP contribution in [-0.4, -0.2) is 75.7 Å². The molecule has 1 aromatic heterocycles. The third-order valence-electron chi connectivity index (χ3n) is 6.27. The molecule has 1 amide bonds. The molecule has 0 spiro atoms. The Bertz CT molecular complexity index is 1560. The van der Waals surface area contributed by atoms with Crippen LogP contribution in [0.5, 0.6) is 0 Å². The van der Waals surface area contributed by atoms with Crippen LogP contribution in [0.25, 0.3) is 17.0 Å². The maximum Gasteiger partial charge on any atom is 0.246 e. The van der Waals surface area contributed by atoms with E-state index in [4.69, 9.17) is 0 Å². The van der Waals surface area contributed by atoms with E-state index < -0.39 is 20.0 Å². The van der Waals surface area contributed by atoms with E-state index in [0.29, 0.717) is 40.8 Å². The molecule has 12 heteroatoms. The lowest BCUT2D eigenvalue weighted by Crippen LogP contribution is -2.53. The van der Waals surface area contributed by atoms with Crippen molar-refractivity contribution in [1.82, 2.24) is 14.8 Å². The van der Waals surface area contributed by atoms with E-state index in [1.54, 1.807) is 41.4 Å². The van der Waals surface area contributed by atoms with Gasteiger partial charge in [-0.25, -0.2) is 21.2 Å². The van der Waals surface area contributed by atoms with Crippen molar-refractivity contribution in [2.24, 2.45) is 0 Å². The highest BCUT2D eigenvalue weighted by molar-refractivity contribution is 8.09. The highest BCUT2D eigenvalue weighted by atomic mass is 32.3. The summed E-state index contributed by atoms with van der Waals surface area (Å²) in [4.78, 5) is 21.3. The van der Waals surface area contributed by atoms with Crippen LogP contribution in [0.3, 0.4) is 0 Å². The fourth-order valence-corrected chi connectivity index (χ4v) is 7.63. The first-order valence-corrected chi connectivity index (χ1v) is 15.6. The average molecular weight is 561 g/mol. The van der Waals surface area contributed by atoms with Crippen molar-refractivity contribution in [3.05, 3.63) is 77.7 Å². The fourth-order valence-electron chi connectivity index (χ4n) is 4.63. The molecule has 3 aromatic rings. The van der Waals surface area contributed by atoms with Gasteiger partial charge in [-0.05, 0) is 48.9 Å². The molecule has 0 N–H and O–H groups in total. The Balaban J connectivity index is 1.58. The number of halogens is 1. The number of aromatic nitrogens is 1. The van der Waals surface area contributed by atoms with E-state index in [2.05, 4.69) is 9.88 Å². The minimum atomic E-state index is -4.20. The van der Waals surface area contributed by atoms with Gasteiger partial charge in [-0.1, -0.05) is 18.2 Å². The van der Waals surface area contributed by atoms with Crippen molar-refractivity contribution >= 4 is 48.6 Å². The summed E-state index contributed by atoms with van der Waals surface area (Å²) >= 11 is 0. The largest absolute Gasteiger partial charge is 0.334 e. The molecule has 1 atom stereocenters. The summed E-state index contributed by atoms with van der Waals surface area (Å²) in [5, 5.41) is 0.550. The number of benzene rings is 2. The summed E-state index contributed by atoms with van der Waals surface area (Å²) in [6, 6.07) is 12.6. The minimum Gasteiger partial charge on any atom is -0.334 e. The number of hydrogen-bond acceptors (Lipinski definition) is 7. The first-order chi connectivity index (χ1) is 17.8. The van der Waals surface area contributed by atoms with Crippen LogP contribution in [0.1, 0.15) is 18.1 Å². The Morgan fingerprint density at radius 1 is 1.08 bits per heavy atom. The fraction of sp³-hybridized carbons (Fsp3) is 0.308. The first kappa shape index (κ1) is 27.7. The highest BCUT2D eigenvalue weighted by Crippen LogP contribution is 2.31. The molecule has 1 saturated heterocycles. The van der Waals surface area contributed by atoms with Crippen LogP contribution in [0, 0.1) is 5.82 Å². The summed E-state index contributed by atoms with van der Waals surface area (Å²) < 4.78 is 63.5. The molecule has 2 heterocycles. The smallest absolute Gasteiger partial charge is 0.246 e. The number of fused-ring (bicyclic) bond motifs is 1. The van der Waals surface area contributed by atoms with Gasteiger partial charge in [0.05, 0.1) is 23.7 Å². The summed E-state index contributed by atoms with van der Waals surface area (Å²) in [5.74, 6) is -0.567. The molecule has 0 saturated carbocycles. The molecule has 202 valence electrons. The van der Waals surface area contributed by atoms with Gasteiger partial charge in [-0.3, -0.25) is 14.7 Å². The van der Waals surface area contributed by atoms with Crippen molar-refractivity contribution in [3.63, 3.8) is 0 Å².